The predicted octanol–water partition coefficient (Wildman–Crippen LogP) is 2.68. The Morgan fingerprint density at radius 2 is 2.29 bits per heavy atom. The molecule has 1 aromatic carbocycles. The molecule has 0 spiro atoms. The fraction of sp³-hybridized carbons (Fsp3) is 0.308. The lowest BCUT2D eigenvalue weighted by Gasteiger charge is -2.06. The molecule has 0 saturated carbocycles. The number of aromatic nitrogens is 1. The van der Waals surface area contributed by atoms with Crippen LogP contribution in [0.1, 0.15) is 16.9 Å². The summed E-state index contributed by atoms with van der Waals surface area (Å²) in [5, 5.41) is 12.2. The molecule has 0 bridgehead atoms. The molecular formula is C13H16N2OS. The zero-order chi connectivity index (χ0) is 11.9. The van der Waals surface area contributed by atoms with Gasteiger partial charge in [0.25, 0.3) is 0 Å². The average molecular weight is 248 g/mol. The van der Waals surface area contributed by atoms with Crippen molar-refractivity contribution in [2.75, 3.05) is 11.9 Å². The van der Waals surface area contributed by atoms with Crippen molar-refractivity contribution in [3.8, 4) is 0 Å². The zero-order valence-corrected chi connectivity index (χ0v) is 10.4. The Bertz CT molecular complexity index is 442. The molecule has 0 unspecified atom stereocenters. The average Bonchev–Trinajstić information content (AvgIpc) is 2.87. The maximum atomic E-state index is 8.80. The van der Waals surface area contributed by atoms with E-state index >= 15 is 0 Å². The van der Waals surface area contributed by atoms with Crippen molar-refractivity contribution in [3.63, 3.8) is 0 Å². The van der Waals surface area contributed by atoms with Crippen LogP contribution in [0.4, 0.5) is 5.69 Å². The number of benzene rings is 1. The second-order valence-electron chi connectivity index (χ2n) is 3.85. The molecule has 2 rings (SSSR count). The topological polar surface area (TPSA) is 45.1 Å². The first-order valence-corrected chi connectivity index (χ1v) is 6.57. The van der Waals surface area contributed by atoms with Crippen LogP contribution in [0, 0.1) is 0 Å². The molecule has 0 fully saturated rings. The molecule has 90 valence electrons. The van der Waals surface area contributed by atoms with Gasteiger partial charge in [-0.05, 0) is 30.5 Å². The maximum absolute atomic E-state index is 8.80. The molecule has 0 aliphatic carbocycles. The third-order valence-corrected chi connectivity index (χ3v) is 3.28. The van der Waals surface area contributed by atoms with E-state index in [1.165, 1.54) is 10.4 Å². The highest BCUT2D eigenvalue weighted by Crippen LogP contribution is 2.14. The molecule has 0 radical (unpaired) electrons. The molecular weight excluding hydrogens is 232 g/mol. The fourth-order valence-electron chi connectivity index (χ4n) is 1.64. The van der Waals surface area contributed by atoms with Gasteiger partial charge in [0.2, 0.25) is 0 Å². The van der Waals surface area contributed by atoms with Crippen LogP contribution in [0.2, 0.25) is 0 Å². The van der Waals surface area contributed by atoms with Gasteiger partial charge in [-0.15, -0.1) is 11.3 Å². The van der Waals surface area contributed by atoms with Crippen LogP contribution in [0.15, 0.2) is 36.0 Å². The Balaban J connectivity index is 1.91. The van der Waals surface area contributed by atoms with E-state index in [4.69, 9.17) is 5.11 Å². The Morgan fingerprint density at radius 3 is 3.06 bits per heavy atom. The van der Waals surface area contributed by atoms with Gasteiger partial charge >= 0.3 is 0 Å². The molecule has 4 heteroatoms. The monoisotopic (exact) mass is 248 g/mol. The number of aryl methyl sites for hydroxylation is 1. The Hall–Kier alpha value is -1.39. The van der Waals surface area contributed by atoms with Crippen molar-refractivity contribution >= 4 is 17.0 Å². The molecule has 1 heterocycles. The van der Waals surface area contributed by atoms with Crippen LogP contribution in [0.25, 0.3) is 0 Å². The summed E-state index contributed by atoms with van der Waals surface area (Å²) in [6, 6.07) is 8.33. The van der Waals surface area contributed by atoms with Crippen molar-refractivity contribution in [3.05, 3.63) is 46.4 Å². The van der Waals surface area contributed by atoms with Gasteiger partial charge in [-0.2, -0.15) is 0 Å². The van der Waals surface area contributed by atoms with Gasteiger partial charge in [0.05, 0.1) is 12.1 Å². The number of rotatable bonds is 6. The summed E-state index contributed by atoms with van der Waals surface area (Å²) in [5.41, 5.74) is 4.22. The predicted molar refractivity (Wildman–Crippen MR) is 71.3 cm³/mol. The number of hydrogen-bond acceptors (Lipinski definition) is 4. The normalized spacial score (nSPS) is 10.4. The van der Waals surface area contributed by atoms with Gasteiger partial charge in [-0.1, -0.05) is 12.1 Å². The van der Waals surface area contributed by atoms with E-state index in [-0.39, 0.29) is 6.61 Å². The summed E-state index contributed by atoms with van der Waals surface area (Å²) in [6.07, 6.45) is 3.62. The first-order chi connectivity index (χ1) is 8.38. The van der Waals surface area contributed by atoms with Gasteiger partial charge in [0, 0.05) is 23.4 Å². The summed E-state index contributed by atoms with van der Waals surface area (Å²) in [6.45, 7) is 1.06. The first-order valence-electron chi connectivity index (χ1n) is 5.69. The molecule has 0 atom stereocenters. The Labute approximate surface area is 105 Å². The number of aliphatic hydroxyl groups excluding tert-OH is 1. The van der Waals surface area contributed by atoms with Crippen LogP contribution < -0.4 is 5.32 Å². The SMILES string of the molecule is OCCCc1cccc(NCc2cncs2)c1. The van der Waals surface area contributed by atoms with E-state index < -0.39 is 0 Å². The highest BCUT2D eigenvalue weighted by Gasteiger charge is 1.97. The quantitative estimate of drug-likeness (QED) is 0.826. The van der Waals surface area contributed by atoms with Crippen LogP contribution in [0.5, 0.6) is 0 Å². The number of nitrogens with one attached hydrogen (secondary N) is 1. The Kier molecular flexibility index (Phi) is 4.53. The Morgan fingerprint density at radius 1 is 1.35 bits per heavy atom. The van der Waals surface area contributed by atoms with E-state index in [2.05, 4.69) is 28.5 Å². The molecule has 2 N–H and O–H groups in total. The lowest BCUT2D eigenvalue weighted by Crippen LogP contribution is -1.98. The molecule has 2 aromatic rings. The maximum Gasteiger partial charge on any atom is 0.0794 e. The largest absolute Gasteiger partial charge is 0.396 e. The number of aliphatic hydroxyl groups is 1. The molecule has 3 nitrogen and oxygen atoms in total. The van der Waals surface area contributed by atoms with E-state index in [1.807, 2.05) is 17.8 Å². The van der Waals surface area contributed by atoms with Crippen LogP contribution in [0.3, 0.4) is 0 Å². The van der Waals surface area contributed by atoms with Gasteiger partial charge in [-0.25, -0.2) is 0 Å². The van der Waals surface area contributed by atoms with E-state index in [0.29, 0.717) is 0 Å². The molecule has 0 amide bonds. The van der Waals surface area contributed by atoms with Crippen molar-refractivity contribution < 1.29 is 5.11 Å². The van der Waals surface area contributed by atoms with Gasteiger partial charge in [-0.3, -0.25) is 4.98 Å². The van der Waals surface area contributed by atoms with Crippen molar-refractivity contribution in [2.24, 2.45) is 0 Å². The van der Waals surface area contributed by atoms with Gasteiger partial charge in [0.1, 0.15) is 0 Å². The number of hydrogen-bond donors (Lipinski definition) is 2. The van der Waals surface area contributed by atoms with Gasteiger partial charge in [0.15, 0.2) is 0 Å². The van der Waals surface area contributed by atoms with Crippen molar-refractivity contribution in [1.82, 2.24) is 4.98 Å². The summed E-state index contributed by atoms with van der Waals surface area (Å²) in [4.78, 5) is 5.27. The molecule has 0 saturated heterocycles. The van der Waals surface area contributed by atoms with Crippen molar-refractivity contribution in [2.45, 2.75) is 19.4 Å². The van der Waals surface area contributed by atoms with E-state index in [1.54, 1.807) is 11.3 Å². The smallest absolute Gasteiger partial charge is 0.0794 e. The van der Waals surface area contributed by atoms with Crippen LogP contribution in [-0.2, 0) is 13.0 Å². The molecule has 17 heavy (non-hydrogen) atoms. The third-order valence-electron chi connectivity index (χ3n) is 2.50. The summed E-state index contributed by atoms with van der Waals surface area (Å²) >= 11 is 1.65. The highest BCUT2D eigenvalue weighted by atomic mass is 32.1. The third kappa shape index (κ3) is 3.84. The number of thiazole rings is 1. The number of nitrogens with zero attached hydrogens (tertiary/aromatic N) is 1. The van der Waals surface area contributed by atoms with E-state index in [9.17, 15) is 0 Å². The molecule has 0 aliphatic rings. The van der Waals surface area contributed by atoms with Crippen LogP contribution in [-0.4, -0.2) is 16.7 Å². The van der Waals surface area contributed by atoms with Gasteiger partial charge < -0.3 is 10.4 Å². The summed E-state index contributed by atoms with van der Waals surface area (Å²) in [7, 11) is 0. The zero-order valence-electron chi connectivity index (χ0n) is 9.60. The highest BCUT2D eigenvalue weighted by molar-refractivity contribution is 7.09. The minimum Gasteiger partial charge on any atom is -0.396 e. The lowest BCUT2D eigenvalue weighted by molar-refractivity contribution is 0.288. The first kappa shape index (κ1) is 12.1. The summed E-state index contributed by atoms with van der Waals surface area (Å²) in [5.74, 6) is 0. The minimum atomic E-state index is 0.249. The standard InChI is InChI=1S/C13H16N2OS/c16-6-2-4-11-3-1-5-12(7-11)15-9-13-8-14-10-17-13/h1,3,5,7-8,10,15-16H,2,4,6,9H2. The molecule has 0 aliphatic heterocycles. The minimum absolute atomic E-state index is 0.249. The van der Waals surface area contributed by atoms with Crippen molar-refractivity contribution in [1.29, 1.82) is 0 Å². The summed E-state index contributed by atoms with van der Waals surface area (Å²) < 4.78 is 0. The lowest BCUT2D eigenvalue weighted by atomic mass is 10.1. The van der Waals surface area contributed by atoms with Crippen LogP contribution >= 0.6 is 11.3 Å². The second kappa shape index (κ2) is 6.37. The fourth-order valence-corrected chi connectivity index (χ4v) is 2.17. The van der Waals surface area contributed by atoms with E-state index in [0.717, 1.165) is 25.1 Å². The number of anilines is 1. The molecule has 1 aromatic heterocycles. The second-order valence-corrected chi connectivity index (χ2v) is 4.82.